The number of hydrogen-bond acceptors (Lipinski definition) is 5. The van der Waals surface area contributed by atoms with Gasteiger partial charge in [0.1, 0.15) is 6.10 Å². The first-order chi connectivity index (χ1) is 10.1. The summed E-state index contributed by atoms with van der Waals surface area (Å²) in [5.41, 5.74) is 0. The fourth-order valence-electron chi connectivity index (χ4n) is 3.04. The fraction of sp³-hybridized carbons (Fsp3) is 0.643. The highest BCUT2D eigenvalue weighted by Crippen LogP contribution is 2.48. The van der Waals surface area contributed by atoms with Gasteiger partial charge in [-0.25, -0.2) is 13.4 Å². The van der Waals surface area contributed by atoms with Gasteiger partial charge < -0.3 is 4.74 Å². The van der Waals surface area contributed by atoms with Gasteiger partial charge >= 0.3 is 0 Å². The molecular weight excluding hydrogens is 308 g/mol. The zero-order valence-corrected chi connectivity index (χ0v) is 13.3. The van der Waals surface area contributed by atoms with Crippen molar-refractivity contribution < 1.29 is 13.2 Å². The summed E-state index contributed by atoms with van der Waals surface area (Å²) in [7, 11) is -3.00. The molecule has 1 unspecified atom stereocenters. The van der Waals surface area contributed by atoms with Crippen LogP contribution in [0.5, 0.6) is 5.88 Å². The number of nitrogens with zero attached hydrogens (tertiary/aromatic N) is 2. The van der Waals surface area contributed by atoms with E-state index in [0.717, 1.165) is 25.0 Å². The molecule has 2 aliphatic heterocycles. The molecule has 1 atom stereocenters. The second-order valence-electron chi connectivity index (χ2n) is 6.12. The van der Waals surface area contributed by atoms with Crippen molar-refractivity contribution >= 4 is 21.8 Å². The molecule has 3 aliphatic rings. The van der Waals surface area contributed by atoms with Crippen LogP contribution in [0.3, 0.4) is 0 Å². The minimum Gasteiger partial charge on any atom is -0.473 e. The van der Waals surface area contributed by atoms with Gasteiger partial charge in [0.25, 0.3) is 0 Å². The minimum absolute atomic E-state index is 0.0708. The number of aromatic nitrogens is 1. The Morgan fingerprint density at radius 1 is 1.33 bits per heavy atom. The lowest BCUT2D eigenvalue weighted by Gasteiger charge is -2.46. The van der Waals surface area contributed by atoms with E-state index in [2.05, 4.69) is 4.98 Å². The van der Waals surface area contributed by atoms with Gasteiger partial charge in [0.15, 0.2) is 0 Å². The van der Waals surface area contributed by atoms with Crippen LogP contribution < -0.4 is 4.74 Å². The fourth-order valence-corrected chi connectivity index (χ4v) is 6.73. The summed E-state index contributed by atoms with van der Waals surface area (Å²) in [5.74, 6) is 1.57. The Morgan fingerprint density at radius 3 is 2.81 bits per heavy atom. The van der Waals surface area contributed by atoms with Crippen LogP contribution in [-0.4, -0.2) is 52.7 Å². The maximum Gasteiger partial charge on any atom is 0.217 e. The predicted octanol–water partition coefficient (Wildman–Crippen LogP) is 1.51. The lowest BCUT2D eigenvalue weighted by molar-refractivity contribution is 0.155. The highest BCUT2D eigenvalue weighted by molar-refractivity contribution is 8.01. The molecule has 4 rings (SSSR count). The first kappa shape index (κ1) is 13.8. The molecule has 3 fully saturated rings. The maximum atomic E-state index is 12.2. The molecule has 0 amide bonds. The van der Waals surface area contributed by atoms with E-state index in [4.69, 9.17) is 4.74 Å². The third-order valence-corrected chi connectivity index (χ3v) is 8.20. The monoisotopic (exact) mass is 326 g/mol. The maximum absolute atomic E-state index is 12.2. The standard InChI is InChI=1S/C14H18N2O3S2/c17-21(18,12-4-5-12)16-9-14(10-16)7-11(8-20-14)19-13-3-1-2-6-15-13/h1-3,6,11-12H,4-5,7-10H2. The van der Waals surface area contributed by atoms with E-state index < -0.39 is 10.0 Å². The number of thioether (sulfide) groups is 1. The molecule has 21 heavy (non-hydrogen) atoms. The van der Waals surface area contributed by atoms with E-state index in [1.807, 2.05) is 30.0 Å². The van der Waals surface area contributed by atoms with Crippen LogP contribution >= 0.6 is 11.8 Å². The van der Waals surface area contributed by atoms with Gasteiger partial charge in [0.2, 0.25) is 15.9 Å². The smallest absolute Gasteiger partial charge is 0.217 e. The molecule has 0 radical (unpaired) electrons. The highest BCUT2D eigenvalue weighted by atomic mass is 32.2. The predicted molar refractivity (Wildman–Crippen MR) is 82.0 cm³/mol. The van der Waals surface area contributed by atoms with Crippen molar-refractivity contribution in [3.05, 3.63) is 24.4 Å². The van der Waals surface area contributed by atoms with Crippen LogP contribution in [0.4, 0.5) is 0 Å². The molecule has 1 saturated carbocycles. The van der Waals surface area contributed by atoms with Crippen molar-refractivity contribution in [3.8, 4) is 5.88 Å². The number of sulfonamides is 1. The quantitative estimate of drug-likeness (QED) is 0.839. The molecule has 1 aromatic heterocycles. The zero-order valence-electron chi connectivity index (χ0n) is 11.6. The molecule has 1 aromatic rings. The van der Waals surface area contributed by atoms with Gasteiger partial charge in [-0.2, -0.15) is 4.31 Å². The average Bonchev–Trinajstić information content (AvgIpc) is 3.20. The minimum atomic E-state index is -3.00. The van der Waals surface area contributed by atoms with Gasteiger partial charge in [-0.3, -0.25) is 0 Å². The Morgan fingerprint density at radius 2 is 2.14 bits per heavy atom. The van der Waals surface area contributed by atoms with Gasteiger partial charge in [-0.15, -0.1) is 11.8 Å². The molecule has 0 aromatic carbocycles. The Labute approximate surface area is 129 Å². The summed E-state index contributed by atoms with van der Waals surface area (Å²) in [5, 5.41) is -0.0955. The van der Waals surface area contributed by atoms with Crippen LogP contribution in [0.25, 0.3) is 0 Å². The van der Waals surface area contributed by atoms with Crippen LogP contribution in [0.1, 0.15) is 19.3 Å². The van der Waals surface area contributed by atoms with E-state index in [0.29, 0.717) is 19.0 Å². The van der Waals surface area contributed by atoms with Gasteiger partial charge in [0.05, 0.1) is 5.25 Å². The summed E-state index contributed by atoms with van der Waals surface area (Å²) in [4.78, 5) is 4.18. The van der Waals surface area contributed by atoms with Crippen molar-refractivity contribution in [3.63, 3.8) is 0 Å². The average molecular weight is 326 g/mol. The Bertz CT molecular complexity index is 625. The zero-order chi connectivity index (χ0) is 14.5. The Balaban J connectivity index is 1.35. The van der Waals surface area contributed by atoms with Gasteiger partial charge in [0, 0.05) is 42.3 Å². The van der Waals surface area contributed by atoms with Gasteiger partial charge in [-0.05, 0) is 18.9 Å². The van der Waals surface area contributed by atoms with Crippen molar-refractivity contribution in [2.24, 2.45) is 0 Å². The van der Waals surface area contributed by atoms with E-state index in [9.17, 15) is 8.42 Å². The topological polar surface area (TPSA) is 59.5 Å². The molecule has 2 saturated heterocycles. The van der Waals surface area contributed by atoms with Crippen LogP contribution in [0.15, 0.2) is 24.4 Å². The third-order valence-electron chi connectivity index (χ3n) is 4.33. The largest absolute Gasteiger partial charge is 0.473 e. The van der Waals surface area contributed by atoms with Crippen molar-refractivity contribution in [1.82, 2.24) is 9.29 Å². The Kier molecular flexibility index (Phi) is 3.20. The lowest BCUT2D eigenvalue weighted by atomic mass is 9.95. The van der Waals surface area contributed by atoms with Crippen molar-refractivity contribution in [1.29, 1.82) is 0 Å². The number of rotatable bonds is 4. The summed E-state index contributed by atoms with van der Waals surface area (Å²) >= 11 is 1.85. The first-order valence-corrected chi connectivity index (χ1v) is 9.77. The van der Waals surface area contributed by atoms with Crippen LogP contribution in [0, 0.1) is 0 Å². The number of ether oxygens (including phenoxy) is 1. The van der Waals surface area contributed by atoms with E-state index in [1.165, 1.54) is 0 Å². The third kappa shape index (κ3) is 2.55. The molecule has 5 nitrogen and oxygen atoms in total. The normalized spacial score (nSPS) is 28.5. The summed E-state index contributed by atoms with van der Waals surface area (Å²) in [6.45, 7) is 1.30. The summed E-state index contributed by atoms with van der Waals surface area (Å²) in [6, 6.07) is 5.64. The van der Waals surface area contributed by atoms with Crippen LogP contribution in [0.2, 0.25) is 0 Å². The molecule has 0 bridgehead atoms. The SMILES string of the molecule is O=S(=O)(C1CC1)N1CC2(CC(Oc3ccccn3)CS2)C1. The molecule has 1 aliphatic carbocycles. The van der Waals surface area contributed by atoms with E-state index in [-0.39, 0.29) is 16.1 Å². The van der Waals surface area contributed by atoms with E-state index in [1.54, 1.807) is 10.5 Å². The number of hydrogen-bond donors (Lipinski definition) is 0. The first-order valence-electron chi connectivity index (χ1n) is 7.28. The highest BCUT2D eigenvalue weighted by Gasteiger charge is 2.55. The van der Waals surface area contributed by atoms with Crippen molar-refractivity contribution in [2.75, 3.05) is 18.8 Å². The van der Waals surface area contributed by atoms with Crippen LogP contribution in [-0.2, 0) is 10.0 Å². The molecule has 1 spiro atoms. The molecular formula is C14H18N2O3S2. The summed E-state index contributed by atoms with van der Waals surface area (Å²) < 4.78 is 32.0. The second-order valence-corrected chi connectivity index (χ2v) is 9.82. The second kappa shape index (κ2) is 4.86. The Hall–Kier alpha value is -0.790. The molecule has 3 heterocycles. The molecule has 7 heteroatoms. The van der Waals surface area contributed by atoms with Crippen molar-refractivity contribution in [2.45, 2.75) is 35.4 Å². The van der Waals surface area contributed by atoms with E-state index >= 15 is 0 Å². The lowest BCUT2D eigenvalue weighted by Crippen LogP contribution is -2.61. The summed E-state index contributed by atoms with van der Waals surface area (Å²) in [6.07, 6.45) is 4.44. The molecule has 114 valence electrons. The molecule has 0 N–H and O–H groups in total. The van der Waals surface area contributed by atoms with Gasteiger partial charge in [-0.1, -0.05) is 6.07 Å². The number of pyridine rings is 1.